The minimum atomic E-state index is 0.0281. The molecule has 0 bridgehead atoms. The summed E-state index contributed by atoms with van der Waals surface area (Å²) < 4.78 is 12.8. The molecule has 1 aliphatic carbocycles. The number of halogens is 1. The van der Waals surface area contributed by atoms with Gasteiger partial charge >= 0.3 is 0 Å². The Hall–Kier alpha value is -0.370. The Bertz CT molecular complexity index is 140. The van der Waals surface area contributed by atoms with Crippen molar-refractivity contribution in [3.63, 3.8) is 0 Å². The second kappa shape index (κ2) is 3.71. The lowest BCUT2D eigenvalue weighted by Crippen LogP contribution is -1.98. The SMILES string of the molecule is OCCC1=C(F)CCCC1. The summed E-state index contributed by atoms with van der Waals surface area (Å²) in [5.41, 5.74) is 0.841. The zero-order valence-electron chi connectivity index (χ0n) is 6.07. The number of aliphatic hydroxyl groups is 1. The maximum absolute atomic E-state index is 12.8. The quantitative estimate of drug-likeness (QED) is 0.629. The molecule has 0 radical (unpaired) electrons. The van der Waals surface area contributed by atoms with Crippen molar-refractivity contribution in [2.24, 2.45) is 0 Å². The topological polar surface area (TPSA) is 20.2 Å². The van der Waals surface area contributed by atoms with E-state index in [0.29, 0.717) is 12.8 Å². The molecule has 0 amide bonds. The highest BCUT2D eigenvalue weighted by Crippen LogP contribution is 2.27. The fraction of sp³-hybridized carbons (Fsp3) is 0.750. The molecule has 0 heterocycles. The highest BCUT2D eigenvalue weighted by atomic mass is 19.1. The van der Waals surface area contributed by atoms with Crippen LogP contribution < -0.4 is 0 Å². The van der Waals surface area contributed by atoms with Crippen LogP contribution in [-0.4, -0.2) is 11.7 Å². The van der Waals surface area contributed by atoms with Crippen molar-refractivity contribution in [3.8, 4) is 0 Å². The van der Waals surface area contributed by atoms with Crippen LogP contribution in [0.3, 0.4) is 0 Å². The predicted molar refractivity (Wildman–Crippen MR) is 38.3 cm³/mol. The van der Waals surface area contributed by atoms with Crippen molar-refractivity contribution in [1.29, 1.82) is 0 Å². The third-order valence-electron chi connectivity index (χ3n) is 1.92. The number of rotatable bonds is 2. The lowest BCUT2D eigenvalue weighted by atomic mass is 9.96. The lowest BCUT2D eigenvalue weighted by Gasteiger charge is -2.13. The Balaban J connectivity index is 2.50. The van der Waals surface area contributed by atoms with E-state index >= 15 is 0 Å². The molecule has 0 aromatic carbocycles. The fourth-order valence-electron chi connectivity index (χ4n) is 1.33. The number of hydrogen-bond donors (Lipinski definition) is 1. The maximum Gasteiger partial charge on any atom is 0.0992 e. The van der Waals surface area contributed by atoms with Gasteiger partial charge in [0, 0.05) is 6.61 Å². The third-order valence-corrected chi connectivity index (χ3v) is 1.92. The molecule has 0 atom stereocenters. The monoisotopic (exact) mass is 144 g/mol. The maximum atomic E-state index is 12.8. The Morgan fingerprint density at radius 3 is 2.60 bits per heavy atom. The van der Waals surface area contributed by atoms with Crippen molar-refractivity contribution in [3.05, 3.63) is 11.4 Å². The molecule has 1 N–H and O–H groups in total. The highest BCUT2D eigenvalue weighted by Gasteiger charge is 2.10. The molecule has 1 aliphatic rings. The van der Waals surface area contributed by atoms with Crippen molar-refractivity contribution in [1.82, 2.24) is 0 Å². The van der Waals surface area contributed by atoms with E-state index in [4.69, 9.17) is 5.11 Å². The lowest BCUT2D eigenvalue weighted by molar-refractivity contribution is 0.294. The van der Waals surface area contributed by atoms with Crippen LogP contribution in [0.4, 0.5) is 4.39 Å². The molecule has 0 saturated carbocycles. The summed E-state index contributed by atoms with van der Waals surface area (Å²) in [6.45, 7) is 0.0861. The molecule has 0 aromatic heterocycles. The van der Waals surface area contributed by atoms with Gasteiger partial charge in [-0.05, 0) is 37.7 Å². The van der Waals surface area contributed by atoms with Gasteiger partial charge in [-0.25, -0.2) is 4.39 Å². The van der Waals surface area contributed by atoms with E-state index in [-0.39, 0.29) is 12.4 Å². The van der Waals surface area contributed by atoms with Gasteiger partial charge in [-0.15, -0.1) is 0 Å². The molecule has 1 nitrogen and oxygen atoms in total. The molecule has 0 aromatic rings. The smallest absolute Gasteiger partial charge is 0.0992 e. The second-order valence-electron chi connectivity index (χ2n) is 2.69. The summed E-state index contributed by atoms with van der Waals surface area (Å²) in [4.78, 5) is 0. The van der Waals surface area contributed by atoms with E-state index in [1.807, 2.05) is 0 Å². The second-order valence-corrected chi connectivity index (χ2v) is 2.69. The summed E-state index contributed by atoms with van der Waals surface area (Å²) in [7, 11) is 0. The summed E-state index contributed by atoms with van der Waals surface area (Å²) in [6, 6.07) is 0. The Morgan fingerprint density at radius 2 is 2.00 bits per heavy atom. The van der Waals surface area contributed by atoms with Crippen LogP contribution in [0.2, 0.25) is 0 Å². The molecule has 0 spiro atoms. The molecular formula is C8H13FO. The average Bonchev–Trinajstić information content (AvgIpc) is 1.94. The summed E-state index contributed by atoms with van der Waals surface area (Å²) in [6.07, 6.45) is 4.04. The normalized spacial score (nSPS) is 19.8. The van der Waals surface area contributed by atoms with Crippen LogP contribution in [0.5, 0.6) is 0 Å². The van der Waals surface area contributed by atoms with E-state index in [2.05, 4.69) is 0 Å². The van der Waals surface area contributed by atoms with Gasteiger partial charge in [0.1, 0.15) is 0 Å². The fourth-order valence-corrected chi connectivity index (χ4v) is 1.33. The largest absolute Gasteiger partial charge is 0.396 e. The van der Waals surface area contributed by atoms with E-state index in [0.717, 1.165) is 24.8 Å². The van der Waals surface area contributed by atoms with Crippen LogP contribution in [0.25, 0.3) is 0 Å². The van der Waals surface area contributed by atoms with Crippen molar-refractivity contribution in [2.45, 2.75) is 32.1 Å². The van der Waals surface area contributed by atoms with Crippen molar-refractivity contribution in [2.75, 3.05) is 6.61 Å². The van der Waals surface area contributed by atoms with Gasteiger partial charge in [-0.3, -0.25) is 0 Å². The third kappa shape index (κ3) is 1.81. The Kier molecular flexibility index (Phi) is 2.87. The first kappa shape index (κ1) is 7.73. The van der Waals surface area contributed by atoms with Crippen LogP contribution in [0.15, 0.2) is 11.4 Å². The number of allylic oxidation sites excluding steroid dienone is 1. The summed E-state index contributed by atoms with van der Waals surface area (Å²) >= 11 is 0. The first-order chi connectivity index (χ1) is 4.84. The predicted octanol–water partition coefficient (Wildman–Crippen LogP) is 2.17. The first-order valence-electron chi connectivity index (χ1n) is 3.82. The van der Waals surface area contributed by atoms with Gasteiger partial charge in [0.05, 0.1) is 5.83 Å². The molecule has 0 fully saturated rings. The standard InChI is InChI=1S/C8H13FO/c9-8-4-2-1-3-7(8)5-6-10/h10H,1-6H2. The number of aliphatic hydroxyl groups excluding tert-OH is 1. The highest BCUT2D eigenvalue weighted by molar-refractivity contribution is 5.10. The van der Waals surface area contributed by atoms with Crippen molar-refractivity contribution < 1.29 is 9.50 Å². The molecule has 0 saturated heterocycles. The average molecular weight is 144 g/mol. The number of hydrogen-bond acceptors (Lipinski definition) is 1. The van der Waals surface area contributed by atoms with Gasteiger partial charge < -0.3 is 5.11 Å². The Labute approximate surface area is 60.6 Å². The molecular weight excluding hydrogens is 131 g/mol. The van der Waals surface area contributed by atoms with Crippen LogP contribution >= 0.6 is 0 Å². The minimum absolute atomic E-state index is 0.0281. The van der Waals surface area contributed by atoms with Gasteiger partial charge in [0.15, 0.2) is 0 Å². The molecule has 58 valence electrons. The van der Waals surface area contributed by atoms with Gasteiger partial charge in [0.2, 0.25) is 0 Å². The van der Waals surface area contributed by atoms with Crippen LogP contribution in [-0.2, 0) is 0 Å². The van der Waals surface area contributed by atoms with Crippen molar-refractivity contribution >= 4 is 0 Å². The van der Waals surface area contributed by atoms with E-state index in [1.165, 1.54) is 0 Å². The molecule has 1 rings (SSSR count). The zero-order chi connectivity index (χ0) is 7.40. The van der Waals surface area contributed by atoms with E-state index in [1.54, 1.807) is 0 Å². The minimum Gasteiger partial charge on any atom is -0.396 e. The van der Waals surface area contributed by atoms with Crippen LogP contribution in [0, 0.1) is 0 Å². The summed E-state index contributed by atoms with van der Waals surface area (Å²) in [5.74, 6) is 0.0281. The zero-order valence-corrected chi connectivity index (χ0v) is 6.07. The van der Waals surface area contributed by atoms with Gasteiger partial charge in [-0.1, -0.05) is 0 Å². The van der Waals surface area contributed by atoms with Crippen LogP contribution in [0.1, 0.15) is 32.1 Å². The van der Waals surface area contributed by atoms with Gasteiger partial charge in [-0.2, -0.15) is 0 Å². The molecule has 10 heavy (non-hydrogen) atoms. The van der Waals surface area contributed by atoms with E-state index in [9.17, 15) is 4.39 Å². The molecule has 0 unspecified atom stereocenters. The summed E-state index contributed by atoms with van der Waals surface area (Å²) in [5, 5.41) is 8.54. The first-order valence-corrected chi connectivity index (χ1v) is 3.82. The molecule has 0 aliphatic heterocycles. The van der Waals surface area contributed by atoms with E-state index < -0.39 is 0 Å². The van der Waals surface area contributed by atoms with Gasteiger partial charge in [0.25, 0.3) is 0 Å². The Morgan fingerprint density at radius 1 is 1.30 bits per heavy atom. The molecule has 2 heteroatoms.